The van der Waals surface area contributed by atoms with E-state index in [4.69, 9.17) is 16.7 Å². The molecule has 1 heterocycles. The molecule has 0 aliphatic carbocycles. The molecule has 0 aliphatic heterocycles. The van der Waals surface area contributed by atoms with Crippen molar-refractivity contribution in [1.29, 1.82) is 0 Å². The number of aliphatic carboxylic acids is 1. The number of amides is 1. The van der Waals surface area contributed by atoms with Crippen LogP contribution in [0.15, 0.2) is 36.5 Å². The molecule has 0 saturated carbocycles. The van der Waals surface area contributed by atoms with Crippen molar-refractivity contribution in [2.75, 3.05) is 5.32 Å². The lowest BCUT2D eigenvalue weighted by molar-refractivity contribution is -0.137. The molecule has 0 fully saturated rings. The molecule has 1 aromatic carbocycles. The smallest absolute Gasteiger partial charge is 0.303 e. The van der Waals surface area contributed by atoms with Gasteiger partial charge in [-0.1, -0.05) is 29.8 Å². The molecule has 0 spiro atoms. The lowest BCUT2D eigenvalue weighted by atomic mass is 10.2. The second kappa shape index (κ2) is 7.61. The fraction of sp³-hybridized carbons (Fsp3) is 0.267. The van der Waals surface area contributed by atoms with E-state index in [-0.39, 0.29) is 18.7 Å². The number of carbonyl (C=O) groups excluding carboxylic acids is 1. The van der Waals surface area contributed by atoms with Crippen molar-refractivity contribution in [3.05, 3.63) is 47.1 Å². The number of nitrogens with one attached hydrogen (secondary N) is 1. The van der Waals surface area contributed by atoms with Gasteiger partial charge in [-0.15, -0.1) is 0 Å². The van der Waals surface area contributed by atoms with Crippen molar-refractivity contribution in [2.45, 2.75) is 25.8 Å². The van der Waals surface area contributed by atoms with Gasteiger partial charge in [-0.2, -0.15) is 5.10 Å². The van der Waals surface area contributed by atoms with Gasteiger partial charge in [0.15, 0.2) is 5.82 Å². The molecular weight excluding hydrogens is 306 g/mol. The van der Waals surface area contributed by atoms with Crippen LogP contribution in [-0.2, 0) is 16.1 Å². The fourth-order valence-electron chi connectivity index (χ4n) is 1.92. The normalized spacial score (nSPS) is 10.4. The number of rotatable bonds is 7. The Hall–Kier alpha value is -2.34. The average molecular weight is 322 g/mol. The van der Waals surface area contributed by atoms with Gasteiger partial charge in [0.1, 0.15) is 0 Å². The van der Waals surface area contributed by atoms with Crippen LogP contribution in [0, 0.1) is 0 Å². The zero-order valence-corrected chi connectivity index (χ0v) is 12.6. The van der Waals surface area contributed by atoms with E-state index < -0.39 is 5.97 Å². The van der Waals surface area contributed by atoms with Gasteiger partial charge in [-0.05, 0) is 18.1 Å². The molecule has 2 rings (SSSR count). The summed E-state index contributed by atoms with van der Waals surface area (Å²) >= 11 is 6.09. The van der Waals surface area contributed by atoms with Crippen LogP contribution < -0.4 is 5.32 Å². The van der Waals surface area contributed by atoms with Gasteiger partial charge in [0.2, 0.25) is 5.91 Å². The van der Waals surface area contributed by atoms with E-state index in [0.717, 1.165) is 5.56 Å². The number of hydrogen-bond acceptors (Lipinski definition) is 3. The maximum Gasteiger partial charge on any atom is 0.303 e. The van der Waals surface area contributed by atoms with Crippen molar-refractivity contribution >= 4 is 29.3 Å². The number of benzene rings is 1. The molecule has 22 heavy (non-hydrogen) atoms. The standard InChI is InChI=1S/C15H16ClN3O3/c16-12-5-2-1-4-11(12)10-19-9-8-13(18-19)17-14(20)6-3-7-15(21)22/h1-2,4-5,8-9H,3,6-7,10H2,(H,21,22)(H,17,18,20). The predicted molar refractivity (Wildman–Crippen MR) is 82.9 cm³/mol. The number of carboxylic acid groups (broad SMARTS) is 1. The first kappa shape index (κ1) is 16.0. The topological polar surface area (TPSA) is 84.2 Å². The van der Waals surface area contributed by atoms with Crippen LogP contribution in [0.2, 0.25) is 5.02 Å². The van der Waals surface area contributed by atoms with Gasteiger partial charge in [0, 0.05) is 30.1 Å². The molecule has 116 valence electrons. The third-order valence-corrected chi connectivity index (χ3v) is 3.36. The number of nitrogens with zero attached hydrogens (tertiary/aromatic N) is 2. The summed E-state index contributed by atoms with van der Waals surface area (Å²) in [6, 6.07) is 9.17. The predicted octanol–water partition coefficient (Wildman–Crippen LogP) is 2.78. The number of aromatic nitrogens is 2. The van der Waals surface area contributed by atoms with E-state index in [1.165, 1.54) is 0 Å². The first-order chi connectivity index (χ1) is 10.5. The summed E-state index contributed by atoms with van der Waals surface area (Å²) in [5, 5.41) is 16.1. The molecular formula is C15H16ClN3O3. The first-order valence-electron chi connectivity index (χ1n) is 6.83. The summed E-state index contributed by atoms with van der Waals surface area (Å²) < 4.78 is 1.67. The lowest BCUT2D eigenvalue weighted by Gasteiger charge is -2.04. The summed E-state index contributed by atoms with van der Waals surface area (Å²) in [6.07, 6.45) is 2.19. The fourth-order valence-corrected chi connectivity index (χ4v) is 2.12. The molecule has 7 heteroatoms. The Bertz CT molecular complexity index is 670. The van der Waals surface area contributed by atoms with E-state index in [1.54, 1.807) is 16.9 Å². The highest BCUT2D eigenvalue weighted by Gasteiger charge is 2.07. The van der Waals surface area contributed by atoms with Gasteiger partial charge in [-0.3, -0.25) is 14.3 Å². The molecule has 1 aromatic heterocycles. The van der Waals surface area contributed by atoms with Crippen molar-refractivity contribution in [1.82, 2.24) is 9.78 Å². The van der Waals surface area contributed by atoms with Crippen LogP contribution in [-0.4, -0.2) is 26.8 Å². The van der Waals surface area contributed by atoms with Crippen LogP contribution in [0.4, 0.5) is 5.82 Å². The minimum absolute atomic E-state index is 0.0195. The summed E-state index contributed by atoms with van der Waals surface area (Å²) in [5.74, 6) is -0.714. The van der Waals surface area contributed by atoms with Crippen molar-refractivity contribution in [3.63, 3.8) is 0 Å². The number of hydrogen-bond donors (Lipinski definition) is 2. The molecule has 2 N–H and O–H groups in total. The van der Waals surface area contributed by atoms with Crippen LogP contribution in [0.1, 0.15) is 24.8 Å². The molecule has 0 atom stereocenters. The maximum absolute atomic E-state index is 11.6. The molecule has 6 nitrogen and oxygen atoms in total. The number of carboxylic acids is 1. The molecule has 0 bridgehead atoms. The van der Waals surface area contributed by atoms with Crippen molar-refractivity contribution < 1.29 is 14.7 Å². The van der Waals surface area contributed by atoms with Gasteiger partial charge >= 0.3 is 5.97 Å². The minimum atomic E-state index is -0.906. The van der Waals surface area contributed by atoms with Gasteiger partial charge in [-0.25, -0.2) is 0 Å². The second-order valence-electron chi connectivity index (χ2n) is 4.79. The molecule has 0 aliphatic rings. The second-order valence-corrected chi connectivity index (χ2v) is 5.19. The molecule has 0 radical (unpaired) electrons. The zero-order chi connectivity index (χ0) is 15.9. The lowest BCUT2D eigenvalue weighted by Crippen LogP contribution is -2.13. The highest BCUT2D eigenvalue weighted by molar-refractivity contribution is 6.31. The Morgan fingerprint density at radius 2 is 2.00 bits per heavy atom. The highest BCUT2D eigenvalue weighted by atomic mass is 35.5. The number of halogens is 1. The number of carbonyl (C=O) groups is 2. The monoisotopic (exact) mass is 321 g/mol. The van der Waals surface area contributed by atoms with Crippen LogP contribution >= 0.6 is 11.6 Å². The quantitative estimate of drug-likeness (QED) is 0.821. The molecule has 0 saturated heterocycles. The molecule has 1 amide bonds. The van der Waals surface area contributed by atoms with Gasteiger partial charge in [0.05, 0.1) is 6.54 Å². The Labute approximate surface area is 132 Å². The molecule has 0 unspecified atom stereocenters. The largest absolute Gasteiger partial charge is 0.481 e. The molecule has 2 aromatic rings. The summed E-state index contributed by atoms with van der Waals surface area (Å²) in [6.45, 7) is 0.508. The summed E-state index contributed by atoms with van der Waals surface area (Å²) in [4.78, 5) is 22.0. The summed E-state index contributed by atoms with van der Waals surface area (Å²) in [7, 11) is 0. The summed E-state index contributed by atoms with van der Waals surface area (Å²) in [5.41, 5.74) is 0.937. The van der Waals surface area contributed by atoms with E-state index in [2.05, 4.69) is 10.4 Å². The van der Waals surface area contributed by atoms with E-state index in [0.29, 0.717) is 23.8 Å². The SMILES string of the molecule is O=C(O)CCCC(=O)Nc1ccn(Cc2ccccc2Cl)n1. The Morgan fingerprint density at radius 1 is 1.23 bits per heavy atom. The maximum atomic E-state index is 11.6. The third kappa shape index (κ3) is 4.89. The van der Waals surface area contributed by atoms with Crippen LogP contribution in [0.5, 0.6) is 0 Å². The van der Waals surface area contributed by atoms with Gasteiger partial charge < -0.3 is 10.4 Å². The van der Waals surface area contributed by atoms with E-state index in [1.807, 2.05) is 24.3 Å². The van der Waals surface area contributed by atoms with Crippen LogP contribution in [0.3, 0.4) is 0 Å². The van der Waals surface area contributed by atoms with Crippen molar-refractivity contribution in [2.24, 2.45) is 0 Å². The minimum Gasteiger partial charge on any atom is -0.481 e. The Kier molecular flexibility index (Phi) is 5.55. The third-order valence-electron chi connectivity index (χ3n) is 2.99. The zero-order valence-electron chi connectivity index (χ0n) is 11.8. The van der Waals surface area contributed by atoms with Crippen LogP contribution in [0.25, 0.3) is 0 Å². The Morgan fingerprint density at radius 3 is 2.73 bits per heavy atom. The Balaban J connectivity index is 1.87. The van der Waals surface area contributed by atoms with Gasteiger partial charge in [0.25, 0.3) is 0 Å². The average Bonchev–Trinajstić information content (AvgIpc) is 2.88. The number of anilines is 1. The van der Waals surface area contributed by atoms with E-state index >= 15 is 0 Å². The van der Waals surface area contributed by atoms with Crippen molar-refractivity contribution in [3.8, 4) is 0 Å². The van der Waals surface area contributed by atoms with E-state index in [9.17, 15) is 9.59 Å². The highest BCUT2D eigenvalue weighted by Crippen LogP contribution is 2.16. The first-order valence-corrected chi connectivity index (χ1v) is 7.21.